The lowest BCUT2D eigenvalue weighted by molar-refractivity contribution is 0.0946. The maximum absolute atomic E-state index is 12.2. The Balaban J connectivity index is 1.64. The van der Waals surface area contributed by atoms with Crippen LogP contribution in [0.15, 0.2) is 35.7 Å². The molecule has 2 aromatic heterocycles. The summed E-state index contributed by atoms with van der Waals surface area (Å²) in [6.45, 7) is 4.14. The maximum atomic E-state index is 12.2. The SMILES string of the molecule is Cc1cc(C)nc(Nc2nc(C(=O)NCc3ccccc3Cl)cs2)n1. The summed E-state index contributed by atoms with van der Waals surface area (Å²) in [7, 11) is 0. The van der Waals surface area contributed by atoms with Gasteiger partial charge in [-0.3, -0.25) is 4.79 Å². The Morgan fingerprint density at radius 2 is 1.88 bits per heavy atom. The molecule has 25 heavy (non-hydrogen) atoms. The van der Waals surface area contributed by atoms with Crippen molar-refractivity contribution in [3.8, 4) is 0 Å². The zero-order chi connectivity index (χ0) is 17.8. The first kappa shape index (κ1) is 17.3. The number of carbonyl (C=O) groups excluding carboxylic acids is 1. The van der Waals surface area contributed by atoms with Crippen molar-refractivity contribution in [2.45, 2.75) is 20.4 Å². The molecule has 0 aliphatic rings. The van der Waals surface area contributed by atoms with Crippen LogP contribution in [0.5, 0.6) is 0 Å². The van der Waals surface area contributed by atoms with Gasteiger partial charge in [-0.15, -0.1) is 11.3 Å². The fourth-order valence-corrected chi connectivity index (χ4v) is 3.11. The van der Waals surface area contributed by atoms with Gasteiger partial charge >= 0.3 is 0 Å². The summed E-state index contributed by atoms with van der Waals surface area (Å²) in [5, 5.41) is 8.71. The van der Waals surface area contributed by atoms with E-state index in [1.165, 1.54) is 11.3 Å². The Bertz CT molecular complexity index is 891. The van der Waals surface area contributed by atoms with Gasteiger partial charge in [-0.25, -0.2) is 15.0 Å². The van der Waals surface area contributed by atoms with Crippen molar-refractivity contribution in [2.75, 3.05) is 5.32 Å². The minimum Gasteiger partial charge on any atom is -0.347 e. The Morgan fingerprint density at radius 1 is 1.16 bits per heavy atom. The molecule has 3 aromatic rings. The number of carbonyl (C=O) groups is 1. The average Bonchev–Trinajstić information content (AvgIpc) is 3.01. The standard InChI is InChI=1S/C17H16ClN5OS/c1-10-7-11(2)21-16(20-10)23-17-22-14(9-25-17)15(24)19-8-12-5-3-4-6-13(12)18/h3-7,9H,8H2,1-2H3,(H,19,24)(H,20,21,22,23). The van der Waals surface area contributed by atoms with E-state index in [4.69, 9.17) is 11.6 Å². The van der Waals surface area contributed by atoms with Crippen LogP contribution in [0.3, 0.4) is 0 Å². The third-order valence-electron chi connectivity index (χ3n) is 3.34. The van der Waals surface area contributed by atoms with Crippen LogP contribution in [-0.4, -0.2) is 20.9 Å². The Kier molecular flexibility index (Phi) is 5.25. The summed E-state index contributed by atoms with van der Waals surface area (Å²) < 4.78 is 0. The lowest BCUT2D eigenvalue weighted by atomic mass is 10.2. The van der Waals surface area contributed by atoms with Crippen LogP contribution in [0, 0.1) is 13.8 Å². The molecule has 0 radical (unpaired) electrons. The second-order valence-corrected chi connectivity index (χ2v) is 6.68. The second kappa shape index (κ2) is 7.58. The van der Waals surface area contributed by atoms with E-state index in [0.29, 0.717) is 28.3 Å². The topological polar surface area (TPSA) is 79.8 Å². The van der Waals surface area contributed by atoms with Gasteiger partial charge < -0.3 is 10.6 Å². The lowest BCUT2D eigenvalue weighted by Crippen LogP contribution is -2.23. The smallest absolute Gasteiger partial charge is 0.271 e. The molecule has 1 amide bonds. The molecule has 8 heteroatoms. The molecular weight excluding hydrogens is 358 g/mol. The first-order valence-corrected chi connectivity index (χ1v) is 8.83. The van der Waals surface area contributed by atoms with E-state index in [0.717, 1.165) is 17.0 Å². The van der Waals surface area contributed by atoms with E-state index in [1.807, 2.05) is 38.1 Å². The molecule has 1 aromatic carbocycles. The van der Waals surface area contributed by atoms with Gasteiger partial charge in [0.2, 0.25) is 5.95 Å². The molecule has 6 nitrogen and oxygen atoms in total. The molecule has 3 rings (SSSR count). The van der Waals surface area contributed by atoms with Crippen LogP contribution in [0.1, 0.15) is 27.4 Å². The maximum Gasteiger partial charge on any atom is 0.271 e. The van der Waals surface area contributed by atoms with Crippen LogP contribution in [0.25, 0.3) is 0 Å². The fourth-order valence-electron chi connectivity index (χ4n) is 2.22. The number of hydrogen-bond donors (Lipinski definition) is 2. The van der Waals surface area contributed by atoms with Crippen molar-refractivity contribution < 1.29 is 4.79 Å². The molecule has 0 aliphatic heterocycles. The van der Waals surface area contributed by atoms with Gasteiger partial charge in [0.15, 0.2) is 5.13 Å². The molecule has 0 saturated carbocycles. The summed E-state index contributed by atoms with van der Waals surface area (Å²) in [6.07, 6.45) is 0. The third-order valence-corrected chi connectivity index (χ3v) is 4.46. The number of benzene rings is 1. The number of anilines is 2. The lowest BCUT2D eigenvalue weighted by Gasteiger charge is -2.05. The van der Waals surface area contributed by atoms with Gasteiger partial charge in [-0.05, 0) is 31.5 Å². The molecule has 0 fully saturated rings. The van der Waals surface area contributed by atoms with Crippen molar-refractivity contribution in [3.05, 3.63) is 63.4 Å². The zero-order valence-electron chi connectivity index (χ0n) is 13.7. The van der Waals surface area contributed by atoms with Crippen molar-refractivity contribution in [3.63, 3.8) is 0 Å². The number of halogens is 1. The molecule has 0 aliphatic carbocycles. The van der Waals surface area contributed by atoms with Crippen LogP contribution >= 0.6 is 22.9 Å². The average molecular weight is 374 g/mol. The van der Waals surface area contributed by atoms with Gasteiger partial charge in [0.25, 0.3) is 5.91 Å². The molecule has 0 atom stereocenters. The van der Waals surface area contributed by atoms with Crippen LogP contribution < -0.4 is 10.6 Å². The van der Waals surface area contributed by atoms with Crippen molar-refractivity contribution in [2.24, 2.45) is 0 Å². The van der Waals surface area contributed by atoms with Crippen LogP contribution in [0.4, 0.5) is 11.1 Å². The minimum atomic E-state index is -0.259. The van der Waals surface area contributed by atoms with E-state index in [2.05, 4.69) is 25.6 Å². The molecule has 0 spiro atoms. The number of nitrogens with zero attached hydrogens (tertiary/aromatic N) is 3. The zero-order valence-corrected chi connectivity index (χ0v) is 15.3. The monoisotopic (exact) mass is 373 g/mol. The van der Waals surface area contributed by atoms with E-state index >= 15 is 0 Å². The van der Waals surface area contributed by atoms with E-state index in [9.17, 15) is 4.79 Å². The number of aromatic nitrogens is 3. The highest BCUT2D eigenvalue weighted by Crippen LogP contribution is 2.20. The van der Waals surface area contributed by atoms with Crippen molar-refractivity contribution >= 4 is 39.9 Å². The van der Waals surface area contributed by atoms with Gasteiger partial charge in [0.1, 0.15) is 5.69 Å². The number of hydrogen-bond acceptors (Lipinski definition) is 6. The van der Waals surface area contributed by atoms with E-state index < -0.39 is 0 Å². The molecule has 0 saturated heterocycles. The van der Waals surface area contributed by atoms with Gasteiger partial charge in [0.05, 0.1) is 0 Å². The summed E-state index contributed by atoms with van der Waals surface area (Å²) in [5.41, 5.74) is 2.92. The van der Waals surface area contributed by atoms with Crippen LogP contribution in [-0.2, 0) is 6.54 Å². The highest BCUT2D eigenvalue weighted by Gasteiger charge is 2.12. The summed E-state index contributed by atoms with van der Waals surface area (Å²) in [6, 6.07) is 9.27. The highest BCUT2D eigenvalue weighted by molar-refractivity contribution is 7.14. The Hall–Kier alpha value is -2.51. The number of rotatable bonds is 5. The van der Waals surface area contributed by atoms with Crippen molar-refractivity contribution in [1.82, 2.24) is 20.3 Å². The molecule has 0 bridgehead atoms. The second-order valence-electron chi connectivity index (χ2n) is 5.41. The fraction of sp³-hybridized carbons (Fsp3) is 0.176. The number of thiazole rings is 1. The van der Waals surface area contributed by atoms with Gasteiger partial charge in [-0.2, -0.15) is 0 Å². The molecule has 2 N–H and O–H groups in total. The normalized spacial score (nSPS) is 10.5. The predicted octanol–water partition coefficient (Wildman–Crippen LogP) is 3.88. The Labute approximate surface area is 154 Å². The van der Waals surface area contributed by atoms with E-state index in [-0.39, 0.29) is 5.91 Å². The molecular formula is C17H16ClN5OS. The van der Waals surface area contributed by atoms with E-state index in [1.54, 1.807) is 11.4 Å². The van der Waals surface area contributed by atoms with Gasteiger partial charge in [-0.1, -0.05) is 29.8 Å². The van der Waals surface area contributed by atoms with Crippen LogP contribution in [0.2, 0.25) is 5.02 Å². The predicted molar refractivity (Wildman–Crippen MR) is 99.5 cm³/mol. The molecule has 0 unspecified atom stereocenters. The van der Waals surface area contributed by atoms with Gasteiger partial charge in [0, 0.05) is 28.3 Å². The first-order chi connectivity index (χ1) is 12.0. The highest BCUT2D eigenvalue weighted by atomic mass is 35.5. The quantitative estimate of drug-likeness (QED) is 0.709. The summed E-state index contributed by atoms with van der Waals surface area (Å²) in [5.74, 6) is 0.209. The minimum absolute atomic E-state index is 0.259. The summed E-state index contributed by atoms with van der Waals surface area (Å²) >= 11 is 7.40. The summed E-state index contributed by atoms with van der Waals surface area (Å²) in [4.78, 5) is 25.1. The molecule has 128 valence electrons. The number of aryl methyl sites for hydroxylation is 2. The third kappa shape index (κ3) is 4.52. The number of nitrogens with one attached hydrogen (secondary N) is 2. The number of amides is 1. The van der Waals surface area contributed by atoms with Crippen molar-refractivity contribution in [1.29, 1.82) is 0 Å². The Morgan fingerprint density at radius 3 is 2.60 bits per heavy atom. The molecule has 2 heterocycles. The first-order valence-electron chi connectivity index (χ1n) is 7.58. The largest absolute Gasteiger partial charge is 0.347 e.